The number of nitrogens with one attached hydrogen (secondary N) is 1. The van der Waals surface area contributed by atoms with Gasteiger partial charge in [0.05, 0.1) is 12.4 Å². The van der Waals surface area contributed by atoms with Crippen LogP contribution in [0.2, 0.25) is 0 Å². The molecule has 0 aliphatic carbocycles. The predicted molar refractivity (Wildman–Crippen MR) is 111 cm³/mol. The van der Waals surface area contributed by atoms with Gasteiger partial charge in [-0.15, -0.1) is 10.2 Å². The van der Waals surface area contributed by atoms with Crippen LogP contribution < -0.4 is 10.1 Å². The van der Waals surface area contributed by atoms with E-state index < -0.39 is 0 Å². The third-order valence-electron chi connectivity index (χ3n) is 4.39. The number of ether oxygens (including phenoxy) is 1. The summed E-state index contributed by atoms with van der Waals surface area (Å²) in [6, 6.07) is 17.8. The Labute approximate surface area is 169 Å². The molecule has 1 atom stereocenters. The van der Waals surface area contributed by atoms with Crippen LogP contribution in [-0.2, 0) is 18.3 Å². The normalized spacial score (nSPS) is 11.8. The van der Waals surface area contributed by atoms with Gasteiger partial charge < -0.3 is 14.6 Å². The highest BCUT2D eigenvalue weighted by atomic mass is 32.2. The number of amides is 1. The summed E-state index contributed by atoms with van der Waals surface area (Å²) in [5.74, 6) is 1.61. The summed E-state index contributed by atoms with van der Waals surface area (Å²) in [5, 5.41) is 12.0. The maximum atomic E-state index is 12.4. The van der Waals surface area contributed by atoms with Gasteiger partial charge in [-0.2, -0.15) is 0 Å². The lowest BCUT2D eigenvalue weighted by atomic mass is 10.1. The van der Waals surface area contributed by atoms with Crippen LogP contribution in [0, 0.1) is 0 Å². The van der Waals surface area contributed by atoms with Crippen molar-refractivity contribution < 1.29 is 9.53 Å². The summed E-state index contributed by atoms with van der Waals surface area (Å²) in [6.45, 7) is 2.47. The first-order valence-corrected chi connectivity index (χ1v) is 9.98. The molecule has 0 spiro atoms. The van der Waals surface area contributed by atoms with E-state index in [4.69, 9.17) is 4.74 Å². The van der Waals surface area contributed by atoms with Crippen LogP contribution in [0.15, 0.2) is 59.8 Å². The molecule has 0 radical (unpaired) electrons. The summed E-state index contributed by atoms with van der Waals surface area (Å²) in [4.78, 5) is 12.4. The van der Waals surface area contributed by atoms with Crippen LogP contribution in [0.4, 0.5) is 0 Å². The van der Waals surface area contributed by atoms with Crippen LogP contribution in [0.25, 0.3) is 11.4 Å². The molecule has 0 aliphatic heterocycles. The third-order valence-corrected chi connectivity index (χ3v) is 5.52. The summed E-state index contributed by atoms with van der Waals surface area (Å²) in [7, 11) is 3.56. The number of hydrogen-bond donors (Lipinski definition) is 1. The maximum Gasteiger partial charge on any atom is 0.233 e. The van der Waals surface area contributed by atoms with E-state index in [1.807, 2.05) is 73.1 Å². The first-order chi connectivity index (χ1) is 13.6. The van der Waals surface area contributed by atoms with Crippen LogP contribution in [0.3, 0.4) is 0 Å². The van der Waals surface area contributed by atoms with E-state index in [9.17, 15) is 4.79 Å². The molecule has 0 aliphatic rings. The molecule has 7 heteroatoms. The zero-order valence-corrected chi connectivity index (χ0v) is 17.1. The van der Waals surface area contributed by atoms with Gasteiger partial charge in [-0.25, -0.2) is 0 Å². The molecule has 1 amide bonds. The molecule has 146 valence electrons. The van der Waals surface area contributed by atoms with Crippen LogP contribution in [-0.4, -0.2) is 39.6 Å². The minimum Gasteiger partial charge on any atom is -0.497 e. The molecule has 0 fully saturated rings. The van der Waals surface area contributed by atoms with E-state index in [0.717, 1.165) is 34.3 Å². The van der Waals surface area contributed by atoms with E-state index >= 15 is 0 Å². The van der Waals surface area contributed by atoms with Gasteiger partial charge in [0.25, 0.3) is 0 Å². The number of carbonyl (C=O) groups excluding carboxylic acids is 1. The lowest BCUT2D eigenvalue weighted by molar-refractivity contribution is -0.120. The lowest BCUT2D eigenvalue weighted by Gasteiger charge is -2.12. The second-order valence-electron chi connectivity index (χ2n) is 6.38. The molecule has 0 saturated heterocycles. The largest absolute Gasteiger partial charge is 0.497 e. The number of hydrogen-bond acceptors (Lipinski definition) is 5. The molecule has 1 N–H and O–H groups in total. The second-order valence-corrected chi connectivity index (χ2v) is 7.69. The highest BCUT2D eigenvalue weighted by Crippen LogP contribution is 2.25. The molecule has 0 saturated carbocycles. The zero-order valence-electron chi connectivity index (χ0n) is 16.3. The second kappa shape index (κ2) is 9.41. The minimum absolute atomic E-state index is 0.0113. The first kappa shape index (κ1) is 19.9. The highest BCUT2D eigenvalue weighted by molar-refractivity contribution is 8.00. The van der Waals surface area contributed by atoms with Crippen molar-refractivity contribution in [3.8, 4) is 17.1 Å². The van der Waals surface area contributed by atoms with Crippen molar-refractivity contribution in [2.75, 3.05) is 13.7 Å². The van der Waals surface area contributed by atoms with Crippen LogP contribution >= 0.6 is 11.8 Å². The van der Waals surface area contributed by atoms with Gasteiger partial charge in [0.1, 0.15) is 5.75 Å². The molecule has 28 heavy (non-hydrogen) atoms. The number of nitrogens with zero attached hydrogens (tertiary/aromatic N) is 3. The molecule has 0 unspecified atom stereocenters. The molecule has 6 nitrogen and oxygen atoms in total. The van der Waals surface area contributed by atoms with Gasteiger partial charge in [-0.05, 0) is 31.0 Å². The number of methoxy groups -OCH3 is 1. The molecule has 2 aromatic carbocycles. The van der Waals surface area contributed by atoms with Crippen molar-refractivity contribution in [3.63, 3.8) is 0 Å². The Bertz CT molecular complexity index is 910. The Morgan fingerprint density at radius 2 is 1.86 bits per heavy atom. The summed E-state index contributed by atoms with van der Waals surface area (Å²) in [5.41, 5.74) is 2.16. The number of thioether (sulfide) groups is 1. The minimum atomic E-state index is -0.262. The Morgan fingerprint density at radius 3 is 2.54 bits per heavy atom. The summed E-state index contributed by atoms with van der Waals surface area (Å²) >= 11 is 1.41. The van der Waals surface area contributed by atoms with Gasteiger partial charge in [0.2, 0.25) is 5.91 Å². The number of benzene rings is 2. The standard InChI is InChI=1S/C21H24N4O2S/c1-15(20(26)22-14-13-16-9-11-18(27-3)12-10-16)28-21-24-23-19(25(21)2)17-7-5-4-6-8-17/h4-12,15H,13-14H2,1-3H3,(H,22,26)/t15-/m0/s1. The fraction of sp³-hybridized carbons (Fsp3) is 0.286. The smallest absolute Gasteiger partial charge is 0.233 e. The number of rotatable bonds is 8. The van der Waals surface area contributed by atoms with E-state index in [0.29, 0.717) is 6.54 Å². The van der Waals surface area contributed by atoms with Crippen LogP contribution in [0.1, 0.15) is 12.5 Å². The Morgan fingerprint density at radius 1 is 1.14 bits per heavy atom. The Hall–Kier alpha value is -2.80. The highest BCUT2D eigenvalue weighted by Gasteiger charge is 2.19. The topological polar surface area (TPSA) is 69.0 Å². The lowest BCUT2D eigenvalue weighted by Crippen LogP contribution is -2.32. The number of carbonyl (C=O) groups is 1. The van der Waals surface area contributed by atoms with Gasteiger partial charge in [-0.1, -0.05) is 54.2 Å². The SMILES string of the molecule is COc1ccc(CCNC(=O)[C@H](C)Sc2nnc(-c3ccccc3)n2C)cc1. The van der Waals surface area contributed by atoms with Crippen LogP contribution in [0.5, 0.6) is 5.75 Å². The Balaban J connectivity index is 1.52. The van der Waals surface area contributed by atoms with E-state index in [1.54, 1.807) is 7.11 Å². The first-order valence-electron chi connectivity index (χ1n) is 9.10. The maximum absolute atomic E-state index is 12.4. The quantitative estimate of drug-likeness (QED) is 0.592. The van der Waals surface area contributed by atoms with Gasteiger partial charge in [-0.3, -0.25) is 4.79 Å². The molecular formula is C21H24N4O2S. The molecule has 3 aromatic rings. The van der Waals surface area contributed by atoms with Gasteiger partial charge in [0.15, 0.2) is 11.0 Å². The summed E-state index contributed by atoms with van der Waals surface area (Å²) in [6.07, 6.45) is 0.773. The summed E-state index contributed by atoms with van der Waals surface area (Å²) < 4.78 is 7.07. The van der Waals surface area contributed by atoms with Crippen molar-refractivity contribution in [1.29, 1.82) is 0 Å². The fourth-order valence-corrected chi connectivity index (χ4v) is 3.57. The van der Waals surface area contributed by atoms with E-state index in [1.165, 1.54) is 11.8 Å². The van der Waals surface area contributed by atoms with Crippen molar-refractivity contribution in [2.24, 2.45) is 7.05 Å². The molecule has 1 heterocycles. The van der Waals surface area contributed by atoms with Crippen molar-refractivity contribution in [3.05, 3.63) is 60.2 Å². The van der Waals surface area contributed by atoms with Gasteiger partial charge >= 0.3 is 0 Å². The molecule has 1 aromatic heterocycles. The predicted octanol–water partition coefficient (Wildman–Crippen LogP) is 3.33. The van der Waals surface area contributed by atoms with Crippen molar-refractivity contribution in [1.82, 2.24) is 20.1 Å². The third kappa shape index (κ3) is 4.92. The Kier molecular flexibility index (Phi) is 6.71. The number of aromatic nitrogens is 3. The molecule has 0 bridgehead atoms. The average molecular weight is 397 g/mol. The monoisotopic (exact) mass is 396 g/mol. The average Bonchev–Trinajstić information content (AvgIpc) is 3.09. The molecular weight excluding hydrogens is 372 g/mol. The van der Waals surface area contributed by atoms with Gasteiger partial charge in [0, 0.05) is 19.2 Å². The zero-order chi connectivity index (χ0) is 19.9. The van der Waals surface area contributed by atoms with Crippen molar-refractivity contribution >= 4 is 17.7 Å². The van der Waals surface area contributed by atoms with E-state index in [2.05, 4.69) is 15.5 Å². The fourth-order valence-electron chi connectivity index (χ4n) is 2.73. The molecule has 3 rings (SSSR count). The van der Waals surface area contributed by atoms with E-state index in [-0.39, 0.29) is 11.2 Å². The van der Waals surface area contributed by atoms with Crippen molar-refractivity contribution in [2.45, 2.75) is 23.8 Å².